The van der Waals surface area contributed by atoms with E-state index in [0.717, 1.165) is 11.3 Å². The largest absolute Gasteiger partial charge is 0.322 e. The fourth-order valence-corrected chi connectivity index (χ4v) is 2.02. The summed E-state index contributed by atoms with van der Waals surface area (Å²) in [6, 6.07) is 19.4. The highest BCUT2D eigenvalue weighted by atomic mass is 16.2. The molecule has 1 N–H and O–H groups in total. The number of rotatable bonds is 3. The second kappa shape index (κ2) is 5.78. The van der Waals surface area contributed by atoms with E-state index in [-0.39, 0.29) is 11.6 Å². The van der Waals surface area contributed by atoms with E-state index in [0.29, 0.717) is 0 Å². The van der Waals surface area contributed by atoms with Crippen LogP contribution in [-0.2, 0) is 5.54 Å². The Morgan fingerprint density at radius 2 is 1.45 bits per heavy atom. The van der Waals surface area contributed by atoms with Crippen molar-refractivity contribution < 1.29 is 4.79 Å². The van der Waals surface area contributed by atoms with E-state index >= 15 is 0 Å². The molecule has 0 radical (unpaired) electrons. The Balaban J connectivity index is 2.14. The predicted octanol–water partition coefficient (Wildman–Crippen LogP) is 4.09. The van der Waals surface area contributed by atoms with E-state index in [2.05, 4.69) is 5.32 Å². The lowest BCUT2D eigenvalue weighted by Crippen LogP contribution is -2.44. The molecule has 2 aromatic rings. The van der Waals surface area contributed by atoms with Crippen molar-refractivity contribution >= 4 is 11.7 Å². The van der Waals surface area contributed by atoms with Crippen molar-refractivity contribution in [1.82, 2.24) is 4.90 Å². The third-order valence-corrected chi connectivity index (χ3v) is 3.65. The first kappa shape index (κ1) is 14.1. The molecular formula is C17H20N2O. The molecule has 0 fully saturated rings. The molecule has 2 rings (SSSR count). The first-order valence-corrected chi connectivity index (χ1v) is 6.67. The maximum Gasteiger partial charge on any atom is 0.322 e. The number of benzene rings is 2. The molecule has 0 bridgehead atoms. The fraction of sp³-hybridized carbons (Fsp3) is 0.235. The van der Waals surface area contributed by atoms with Gasteiger partial charge in [-0.15, -0.1) is 0 Å². The quantitative estimate of drug-likeness (QED) is 0.893. The van der Waals surface area contributed by atoms with E-state index in [1.54, 1.807) is 4.90 Å². The molecule has 2 amide bonds. The van der Waals surface area contributed by atoms with Crippen molar-refractivity contribution in [1.29, 1.82) is 0 Å². The maximum absolute atomic E-state index is 12.3. The number of nitrogens with zero attached hydrogens (tertiary/aromatic N) is 1. The molecule has 0 heterocycles. The Morgan fingerprint density at radius 3 is 2.00 bits per heavy atom. The molecule has 0 aliphatic carbocycles. The van der Waals surface area contributed by atoms with E-state index in [4.69, 9.17) is 0 Å². The molecule has 3 nitrogen and oxygen atoms in total. The Bertz CT molecular complexity index is 564. The highest BCUT2D eigenvalue weighted by Crippen LogP contribution is 2.26. The number of amides is 2. The number of carbonyl (C=O) groups is 1. The average Bonchev–Trinajstić information content (AvgIpc) is 2.48. The summed E-state index contributed by atoms with van der Waals surface area (Å²) < 4.78 is 0. The molecule has 0 atom stereocenters. The summed E-state index contributed by atoms with van der Waals surface area (Å²) in [5, 5.41) is 2.90. The van der Waals surface area contributed by atoms with E-state index in [1.807, 2.05) is 81.6 Å². The average molecular weight is 268 g/mol. The van der Waals surface area contributed by atoms with E-state index in [1.165, 1.54) is 0 Å². The van der Waals surface area contributed by atoms with Gasteiger partial charge in [0.25, 0.3) is 0 Å². The van der Waals surface area contributed by atoms with Gasteiger partial charge < -0.3 is 10.2 Å². The molecule has 3 heteroatoms. The van der Waals surface area contributed by atoms with Crippen molar-refractivity contribution in [3.05, 3.63) is 66.2 Å². The van der Waals surface area contributed by atoms with Crippen molar-refractivity contribution in [2.45, 2.75) is 19.4 Å². The van der Waals surface area contributed by atoms with Gasteiger partial charge in [-0.2, -0.15) is 0 Å². The highest BCUT2D eigenvalue weighted by Gasteiger charge is 2.29. The Morgan fingerprint density at radius 1 is 0.950 bits per heavy atom. The zero-order valence-electron chi connectivity index (χ0n) is 12.1. The minimum Gasteiger partial charge on any atom is -0.318 e. The zero-order chi connectivity index (χ0) is 14.6. The minimum absolute atomic E-state index is 0.120. The van der Waals surface area contributed by atoms with Gasteiger partial charge in [0.15, 0.2) is 0 Å². The van der Waals surface area contributed by atoms with Gasteiger partial charge in [-0.1, -0.05) is 48.5 Å². The monoisotopic (exact) mass is 268 g/mol. The summed E-state index contributed by atoms with van der Waals surface area (Å²) in [4.78, 5) is 14.1. The van der Waals surface area contributed by atoms with Gasteiger partial charge in [0.2, 0.25) is 0 Å². The smallest absolute Gasteiger partial charge is 0.318 e. The standard InChI is InChI=1S/C17H20N2O/c1-17(2,14-10-6-4-7-11-14)19(3)16(20)18-15-12-8-5-9-13-15/h4-13H,1-3H3,(H,18,20). The second-order valence-electron chi connectivity index (χ2n) is 5.28. The van der Waals surface area contributed by atoms with Gasteiger partial charge in [0.1, 0.15) is 0 Å². The lowest BCUT2D eigenvalue weighted by molar-refractivity contribution is 0.168. The van der Waals surface area contributed by atoms with Crippen LogP contribution in [0.1, 0.15) is 19.4 Å². The Hall–Kier alpha value is -2.29. The predicted molar refractivity (Wildman–Crippen MR) is 82.7 cm³/mol. The van der Waals surface area contributed by atoms with Gasteiger partial charge >= 0.3 is 6.03 Å². The molecule has 20 heavy (non-hydrogen) atoms. The number of carbonyl (C=O) groups excluding carboxylic acids is 1. The summed E-state index contributed by atoms with van der Waals surface area (Å²) in [7, 11) is 1.81. The summed E-state index contributed by atoms with van der Waals surface area (Å²) in [5.41, 5.74) is 1.53. The van der Waals surface area contributed by atoms with Crippen LogP contribution in [0.3, 0.4) is 0 Å². The van der Waals surface area contributed by atoms with Gasteiger partial charge in [-0.3, -0.25) is 0 Å². The minimum atomic E-state index is -0.375. The normalized spacial score (nSPS) is 10.9. The molecule has 2 aromatic carbocycles. The van der Waals surface area contributed by atoms with Crippen LogP contribution >= 0.6 is 0 Å². The lowest BCUT2D eigenvalue weighted by atomic mass is 9.93. The van der Waals surface area contributed by atoms with Gasteiger partial charge in [-0.25, -0.2) is 4.79 Å². The van der Waals surface area contributed by atoms with Crippen molar-refractivity contribution in [2.24, 2.45) is 0 Å². The van der Waals surface area contributed by atoms with Gasteiger partial charge in [0.05, 0.1) is 5.54 Å². The first-order valence-electron chi connectivity index (χ1n) is 6.67. The number of anilines is 1. The lowest BCUT2D eigenvalue weighted by Gasteiger charge is -2.36. The molecule has 0 saturated heterocycles. The highest BCUT2D eigenvalue weighted by molar-refractivity contribution is 5.89. The number of urea groups is 1. The van der Waals surface area contributed by atoms with E-state index < -0.39 is 0 Å². The number of hydrogen-bond donors (Lipinski definition) is 1. The number of para-hydroxylation sites is 1. The fourth-order valence-electron chi connectivity index (χ4n) is 2.02. The van der Waals surface area contributed by atoms with Gasteiger partial charge in [0, 0.05) is 12.7 Å². The summed E-state index contributed by atoms with van der Waals surface area (Å²) in [6.45, 7) is 4.07. The SMILES string of the molecule is CN(C(=O)Nc1ccccc1)C(C)(C)c1ccccc1. The molecule has 0 spiro atoms. The first-order chi connectivity index (χ1) is 9.51. The van der Waals surface area contributed by atoms with Crippen LogP contribution in [0, 0.1) is 0 Å². The molecule has 0 aliphatic heterocycles. The molecule has 0 aromatic heterocycles. The van der Waals surface area contributed by atoms with Crippen molar-refractivity contribution in [2.75, 3.05) is 12.4 Å². The topological polar surface area (TPSA) is 32.3 Å². The van der Waals surface area contributed by atoms with Crippen LogP contribution in [0.25, 0.3) is 0 Å². The summed E-state index contributed by atoms with van der Waals surface area (Å²) in [5.74, 6) is 0. The maximum atomic E-state index is 12.3. The molecule has 104 valence electrons. The van der Waals surface area contributed by atoms with Crippen LogP contribution in [0.5, 0.6) is 0 Å². The van der Waals surface area contributed by atoms with E-state index in [9.17, 15) is 4.79 Å². The van der Waals surface area contributed by atoms with Gasteiger partial charge in [-0.05, 0) is 31.5 Å². The second-order valence-corrected chi connectivity index (χ2v) is 5.28. The van der Waals surface area contributed by atoms with Crippen molar-refractivity contribution in [3.63, 3.8) is 0 Å². The number of nitrogens with one attached hydrogen (secondary N) is 1. The Labute approximate surface area is 120 Å². The third-order valence-electron chi connectivity index (χ3n) is 3.65. The molecular weight excluding hydrogens is 248 g/mol. The van der Waals surface area contributed by atoms with Crippen LogP contribution in [0.15, 0.2) is 60.7 Å². The van der Waals surface area contributed by atoms with Crippen LogP contribution in [-0.4, -0.2) is 18.0 Å². The number of hydrogen-bond acceptors (Lipinski definition) is 1. The zero-order valence-corrected chi connectivity index (χ0v) is 12.1. The Kier molecular flexibility index (Phi) is 4.08. The summed E-state index contributed by atoms with van der Waals surface area (Å²) >= 11 is 0. The van der Waals surface area contributed by atoms with Crippen molar-refractivity contribution in [3.8, 4) is 0 Å². The van der Waals surface area contributed by atoms with Crippen LogP contribution in [0.2, 0.25) is 0 Å². The molecule has 0 unspecified atom stereocenters. The third kappa shape index (κ3) is 2.99. The van der Waals surface area contributed by atoms with Crippen LogP contribution < -0.4 is 5.32 Å². The summed E-state index contributed by atoms with van der Waals surface area (Å²) in [6.07, 6.45) is 0. The molecule has 0 saturated carbocycles. The molecule has 0 aliphatic rings. The van der Waals surface area contributed by atoms with Crippen LogP contribution in [0.4, 0.5) is 10.5 Å².